The standard InChI is InChI=1S/C9H17FO4/c1-4(2)3-5-7(11)8(12)6(10)9(13)14-5/h4-9,11-13H,3H2,1-2H3. The lowest BCUT2D eigenvalue weighted by molar-refractivity contribution is -0.268. The van der Waals surface area contributed by atoms with E-state index < -0.39 is 30.8 Å². The van der Waals surface area contributed by atoms with Crippen molar-refractivity contribution >= 4 is 0 Å². The van der Waals surface area contributed by atoms with Crippen LogP contribution in [-0.4, -0.2) is 46.1 Å². The van der Waals surface area contributed by atoms with E-state index in [1.165, 1.54) is 0 Å². The third-order valence-electron chi connectivity index (χ3n) is 2.35. The van der Waals surface area contributed by atoms with Gasteiger partial charge in [-0.1, -0.05) is 13.8 Å². The fourth-order valence-corrected chi connectivity index (χ4v) is 1.57. The zero-order chi connectivity index (χ0) is 10.9. The van der Waals surface area contributed by atoms with E-state index in [0.29, 0.717) is 6.42 Å². The number of rotatable bonds is 2. The number of hydrogen-bond donors (Lipinski definition) is 3. The molecule has 0 aromatic rings. The van der Waals surface area contributed by atoms with Crippen LogP contribution in [0, 0.1) is 5.92 Å². The van der Waals surface area contributed by atoms with Gasteiger partial charge >= 0.3 is 0 Å². The zero-order valence-corrected chi connectivity index (χ0v) is 8.30. The van der Waals surface area contributed by atoms with Gasteiger partial charge in [0.05, 0.1) is 6.10 Å². The van der Waals surface area contributed by atoms with Crippen LogP contribution in [0.25, 0.3) is 0 Å². The first-order valence-electron chi connectivity index (χ1n) is 4.77. The van der Waals surface area contributed by atoms with Crippen molar-refractivity contribution in [2.45, 2.75) is 51.0 Å². The molecule has 0 spiro atoms. The van der Waals surface area contributed by atoms with E-state index in [9.17, 15) is 14.6 Å². The molecule has 1 aliphatic heterocycles. The molecule has 0 aromatic heterocycles. The van der Waals surface area contributed by atoms with Gasteiger partial charge in [0.15, 0.2) is 12.5 Å². The summed E-state index contributed by atoms with van der Waals surface area (Å²) < 4.78 is 17.8. The zero-order valence-electron chi connectivity index (χ0n) is 8.30. The van der Waals surface area contributed by atoms with E-state index in [1.54, 1.807) is 0 Å². The monoisotopic (exact) mass is 208 g/mol. The molecule has 0 aliphatic carbocycles. The minimum absolute atomic E-state index is 0.241. The summed E-state index contributed by atoms with van der Waals surface area (Å²) in [5.74, 6) is 0.241. The lowest BCUT2D eigenvalue weighted by Gasteiger charge is -2.37. The Balaban J connectivity index is 2.60. The topological polar surface area (TPSA) is 69.9 Å². The Morgan fingerprint density at radius 2 is 1.79 bits per heavy atom. The van der Waals surface area contributed by atoms with Crippen LogP contribution in [-0.2, 0) is 4.74 Å². The highest BCUT2D eigenvalue weighted by molar-refractivity contribution is 4.89. The Kier molecular flexibility index (Phi) is 3.83. The summed E-state index contributed by atoms with van der Waals surface area (Å²) in [6, 6.07) is 0. The Bertz CT molecular complexity index is 188. The van der Waals surface area contributed by atoms with Crippen molar-refractivity contribution in [1.29, 1.82) is 0 Å². The van der Waals surface area contributed by atoms with Crippen molar-refractivity contribution in [1.82, 2.24) is 0 Å². The molecule has 5 unspecified atom stereocenters. The number of hydrogen-bond acceptors (Lipinski definition) is 4. The molecule has 84 valence electrons. The summed E-state index contributed by atoms with van der Waals surface area (Å²) in [7, 11) is 0. The average molecular weight is 208 g/mol. The Morgan fingerprint density at radius 3 is 2.29 bits per heavy atom. The lowest BCUT2D eigenvalue weighted by Crippen LogP contribution is -2.56. The van der Waals surface area contributed by atoms with E-state index in [0.717, 1.165) is 0 Å². The molecule has 0 radical (unpaired) electrons. The molecular weight excluding hydrogens is 191 g/mol. The summed E-state index contributed by atoms with van der Waals surface area (Å²) in [6.07, 6.45) is -6.64. The number of halogens is 1. The van der Waals surface area contributed by atoms with E-state index >= 15 is 0 Å². The van der Waals surface area contributed by atoms with E-state index in [2.05, 4.69) is 0 Å². The van der Waals surface area contributed by atoms with Crippen molar-refractivity contribution in [3.8, 4) is 0 Å². The second kappa shape index (κ2) is 4.53. The van der Waals surface area contributed by atoms with Gasteiger partial charge in [0.25, 0.3) is 0 Å². The van der Waals surface area contributed by atoms with Crippen LogP contribution in [0.4, 0.5) is 4.39 Å². The number of aliphatic hydroxyl groups excluding tert-OH is 3. The van der Waals surface area contributed by atoms with Crippen molar-refractivity contribution in [2.24, 2.45) is 5.92 Å². The molecule has 3 N–H and O–H groups in total. The molecule has 1 rings (SSSR count). The van der Waals surface area contributed by atoms with Crippen molar-refractivity contribution in [3.63, 3.8) is 0 Å². The first-order valence-corrected chi connectivity index (χ1v) is 4.77. The molecule has 0 bridgehead atoms. The normalized spacial score (nSPS) is 44.4. The van der Waals surface area contributed by atoms with Crippen LogP contribution in [0.2, 0.25) is 0 Å². The molecule has 1 saturated heterocycles. The third-order valence-corrected chi connectivity index (χ3v) is 2.35. The molecule has 1 aliphatic rings. The van der Waals surface area contributed by atoms with Gasteiger partial charge in [-0.15, -0.1) is 0 Å². The largest absolute Gasteiger partial charge is 0.388 e. The van der Waals surface area contributed by atoms with Crippen LogP contribution in [0.5, 0.6) is 0 Å². The van der Waals surface area contributed by atoms with Crippen LogP contribution in [0.1, 0.15) is 20.3 Å². The second-order valence-corrected chi connectivity index (χ2v) is 4.12. The van der Waals surface area contributed by atoms with Gasteiger partial charge < -0.3 is 20.1 Å². The predicted octanol–water partition coefficient (Wildman–Crippen LogP) is -0.190. The SMILES string of the molecule is CC(C)CC1OC(O)C(F)C(O)C1O. The molecule has 14 heavy (non-hydrogen) atoms. The van der Waals surface area contributed by atoms with Crippen LogP contribution in [0.3, 0.4) is 0 Å². The van der Waals surface area contributed by atoms with E-state index in [1.807, 2.05) is 13.8 Å². The summed E-state index contributed by atoms with van der Waals surface area (Å²) in [5, 5.41) is 27.8. The summed E-state index contributed by atoms with van der Waals surface area (Å²) in [6.45, 7) is 3.83. The Morgan fingerprint density at radius 1 is 1.21 bits per heavy atom. The van der Waals surface area contributed by atoms with Gasteiger partial charge in [-0.3, -0.25) is 0 Å². The minimum atomic E-state index is -1.94. The molecule has 0 amide bonds. The van der Waals surface area contributed by atoms with Gasteiger partial charge in [0.1, 0.15) is 12.2 Å². The van der Waals surface area contributed by atoms with Gasteiger partial charge in [-0.05, 0) is 12.3 Å². The predicted molar refractivity (Wildman–Crippen MR) is 47.2 cm³/mol. The average Bonchev–Trinajstić information content (AvgIpc) is 2.10. The number of aliphatic hydroxyl groups is 3. The maximum Gasteiger partial charge on any atom is 0.189 e. The highest BCUT2D eigenvalue weighted by atomic mass is 19.1. The molecule has 5 heteroatoms. The number of ether oxygens (including phenoxy) is 1. The Hall–Kier alpha value is -0.230. The molecule has 0 saturated carbocycles. The van der Waals surface area contributed by atoms with Gasteiger partial charge in [-0.25, -0.2) is 4.39 Å². The van der Waals surface area contributed by atoms with Crippen molar-refractivity contribution in [3.05, 3.63) is 0 Å². The summed E-state index contributed by atoms with van der Waals surface area (Å²) >= 11 is 0. The highest BCUT2D eigenvalue weighted by Crippen LogP contribution is 2.25. The van der Waals surface area contributed by atoms with Crippen molar-refractivity contribution in [2.75, 3.05) is 0 Å². The highest BCUT2D eigenvalue weighted by Gasteiger charge is 2.44. The van der Waals surface area contributed by atoms with Gasteiger partial charge in [0, 0.05) is 0 Å². The smallest absolute Gasteiger partial charge is 0.189 e. The van der Waals surface area contributed by atoms with E-state index in [4.69, 9.17) is 9.84 Å². The lowest BCUT2D eigenvalue weighted by atomic mass is 9.94. The summed E-state index contributed by atoms with van der Waals surface area (Å²) in [4.78, 5) is 0. The quantitative estimate of drug-likeness (QED) is 0.588. The fourth-order valence-electron chi connectivity index (χ4n) is 1.57. The van der Waals surface area contributed by atoms with E-state index in [-0.39, 0.29) is 5.92 Å². The van der Waals surface area contributed by atoms with Gasteiger partial charge in [0.2, 0.25) is 0 Å². The third kappa shape index (κ3) is 2.42. The molecule has 1 heterocycles. The maximum absolute atomic E-state index is 12.9. The van der Waals surface area contributed by atoms with Crippen LogP contribution >= 0.6 is 0 Å². The Labute approximate surface area is 82.3 Å². The second-order valence-electron chi connectivity index (χ2n) is 4.12. The molecule has 1 fully saturated rings. The number of alkyl halides is 1. The molecule has 0 aromatic carbocycles. The first-order chi connectivity index (χ1) is 6.43. The fraction of sp³-hybridized carbons (Fsp3) is 1.00. The molecular formula is C9H17FO4. The van der Waals surface area contributed by atoms with Gasteiger partial charge in [-0.2, -0.15) is 0 Å². The first kappa shape index (κ1) is 11.8. The molecule has 4 nitrogen and oxygen atoms in total. The van der Waals surface area contributed by atoms with Crippen molar-refractivity contribution < 1.29 is 24.4 Å². The van der Waals surface area contributed by atoms with Crippen LogP contribution in [0.15, 0.2) is 0 Å². The summed E-state index contributed by atoms with van der Waals surface area (Å²) in [5.41, 5.74) is 0. The molecule has 5 atom stereocenters. The maximum atomic E-state index is 12.9. The van der Waals surface area contributed by atoms with Crippen LogP contribution < -0.4 is 0 Å². The minimum Gasteiger partial charge on any atom is -0.388 e.